The molecule has 0 spiro atoms. The average Bonchev–Trinajstić information content (AvgIpc) is 2.99. The molecular formula is C16H11BrN6. The van der Waals surface area contributed by atoms with E-state index in [0.29, 0.717) is 12.2 Å². The minimum absolute atomic E-state index is 0.641. The minimum atomic E-state index is 0.641. The summed E-state index contributed by atoms with van der Waals surface area (Å²) in [6.07, 6.45) is 5.85. The van der Waals surface area contributed by atoms with E-state index < -0.39 is 0 Å². The molecule has 0 aliphatic rings. The second-order valence-corrected chi connectivity index (χ2v) is 5.93. The molecule has 0 atom stereocenters. The zero-order valence-corrected chi connectivity index (χ0v) is 13.6. The van der Waals surface area contributed by atoms with Crippen molar-refractivity contribution in [2.45, 2.75) is 6.42 Å². The van der Waals surface area contributed by atoms with Crippen molar-refractivity contribution >= 4 is 21.6 Å². The third-order valence-corrected chi connectivity index (χ3v) is 3.82. The second kappa shape index (κ2) is 5.85. The van der Waals surface area contributed by atoms with Crippen LogP contribution < -0.4 is 0 Å². The van der Waals surface area contributed by atoms with Crippen molar-refractivity contribution in [2.24, 2.45) is 0 Å². The molecule has 1 aromatic carbocycles. The molecule has 0 fully saturated rings. The Bertz CT molecular complexity index is 964. The first kappa shape index (κ1) is 14.0. The van der Waals surface area contributed by atoms with Crippen LogP contribution >= 0.6 is 15.9 Å². The van der Waals surface area contributed by atoms with Crippen molar-refractivity contribution in [3.05, 3.63) is 70.8 Å². The summed E-state index contributed by atoms with van der Waals surface area (Å²) in [5, 5.41) is 12.6. The molecule has 7 heteroatoms. The van der Waals surface area contributed by atoms with Gasteiger partial charge in [0.25, 0.3) is 0 Å². The summed E-state index contributed by atoms with van der Waals surface area (Å²) in [6.45, 7) is 0. The van der Waals surface area contributed by atoms with E-state index in [2.05, 4.69) is 47.3 Å². The topological polar surface area (TPSA) is 68.9 Å². The smallest absolute Gasteiger partial charge is 0.177 e. The van der Waals surface area contributed by atoms with Crippen molar-refractivity contribution in [1.29, 1.82) is 0 Å². The highest BCUT2D eigenvalue weighted by atomic mass is 79.9. The number of hydrogen-bond donors (Lipinski definition) is 0. The van der Waals surface area contributed by atoms with Gasteiger partial charge in [-0.1, -0.05) is 18.2 Å². The van der Waals surface area contributed by atoms with Gasteiger partial charge < -0.3 is 0 Å². The molecule has 3 heterocycles. The molecule has 0 aliphatic heterocycles. The van der Waals surface area contributed by atoms with Gasteiger partial charge in [0.2, 0.25) is 0 Å². The van der Waals surface area contributed by atoms with Gasteiger partial charge in [0.1, 0.15) is 0 Å². The van der Waals surface area contributed by atoms with Gasteiger partial charge >= 0.3 is 0 Å². The van der Waals surface area contributed by atoms with Gasteiger partial charge in [-0.2, -0.15) is 9.61 Å². The lowest BCUT2D eigenvalue weighted by molar-refractivity contribution is 0.838. The SMILES string of the molecule is Brc1cnc(-c2cccc(Cc3nnc4cccnn34)c2)nc1. The van der Waals surface area contributed by atoms with Gasteiger partial charge in [0.05, 0.1) is 4.47 Å². The van der Waals surface area contributed by atoms with Crippen molar-refractivity contribution in [2.75, 3.05) is 0 Å². The van der Waals surface area contributed by atoms with E-state index >= 15 is 0 Å². The maximum absolute atomic E-state index is 4.33. The maximum atomic E-state index is 4.33. The summed E-state index contributed by atoms with van der Waals surface area (Å²) in [5.41, 5.74) is 2.82. The molecule has 0 bridgehead atoms. The van der Waals surface area contributed by atoms with Crippen LogP contribution in [-0.4, -0.2) is 29.8 Å². The quantitative estimate of drug-likeness (QED) is 0.557. The highest BCUT2D eigenvalue weighted by Gasteiger charge is 2.08. The van der Waals surface area contributed by atoms with Gasteiger partial charge in [0, 0.05) is 30.6 Å². The molecule has 0 radical (unpaired) electrons. The van der Waals surface area contributed by atoms with E-state index in [4.69, 9.17) is 0 Å². The first-order valence-electron chi connectivity index (χ1n) is 7.02. The number of benzene rings is 1. The monoisotopic (exact) mass is 366 g/mol. The van der Waals surface area contributed by atoms with Gasteiger partial charge in [-0.25, -0.2) is 9.97 Å². The molecular weight excluding hydrogens is 356 g/mol. The van der Waals surface area contributed by atoms with Crippen molar-refractivity contribution in [3.8, 4) is 11.4 Å². The van der Waals surface area contributed by atoms with Crippen LogP contribution in [-0.2, 0) is 6.42 Å². The fourth-order valence-electron chi connectivity index (χ4n) is 2.36. The number of aromatic nitrogens is 6. The molecule has 23 heavy (non-hydrogen) atoms. The van der Waals surface area contributed by atoms with Gasteiger partial charge in [0.15, 0.2) is 17.3 Å². The van der Waals surface area contributed by atoms with Crippen LogP contribution in [0.25, 0.3) is 17.0 Å². The summed E-state index contributed by atoms with van der Waals surface area (Å²) in [4.78, 5) is 8.67. The molecule has 112 valence electrons. The molecule has 4 rings (SSSR count). The second-order valence-electron chi connectivity index (χ2n) is 5.01. The molecule has 0 unspecified atom stereocenters. The number of halogens is 1. The molecule has 4 aromatic rings. The Balaban J connectivity index is 1.67. The molecule has 0 saturated heterocycles. The van der Waals surface area contributed by atoms with Crippen molar-refractivity contribution in [1.82, 2.24) is 29.8 Å². The highest BCUT2D eigenvalue weighted by molar-refractivity contribution is 9.10. The van der Waals surface area contributed by atoms with Crippen LogP contribution in [0.15, 0.2) is 59.5 Å². The van der Waals surface area contributed by atoms with Crippen LogP contribution in [0.1, 0.15) is 11.4 Å². The van der Waals surface area contributed by atoms with E-state index in [1.807, 2.05) is 30.3 Å². The van der Waals surface area contributed by atoms with Crippen molar-refractivity contribution < 1.29 is 0 Å². The first-order chi connectivity index (χ1) is 11.3. The Morgan fingerprint density at radius 2 is 1.87 bits per heavy atom. The molecule has 0 amide bonds. The molecule has 3 aromatic heterocycles. The first-order valence-corrected chi connectivity index (χ1v) is 7.81. The zero-order chi connectivity index (χ0) is 15.6. The Labute approximate surface area is 140 Å². The number of nitrogens with zero attached hydrogens (tertiary/aromatic N) is 6. The molecule has 0 aliphatic carbocycles. The van der Waals surface area contributed by atoms with Gasteiger partial charge in [-0.15, -0.1) is 10.2 Å². The predicted octanol–water partition coefficient (Wildman–Crippen LogP) is 2.93. The number of hydrogen-bond acceptors (Lipinski definition) is 5. The zero-order valence-electron chi connectivity index (χ0n) is 12.0. The van der Waals surface area contributed by atoms with Crippen LogP contribution in [0.5, 0.6) is 0 Å². The summed E-state index contributed by atoms with van der Waals surface area (Å²) in [6, 6.07) is 11.8. The average molecular weight is 367 g/mol. The third-order valence-electron chi connectivity index (χ3n) is 3.41. The lowest BCUT2D eigenvalue weighted by Gasteiger charge is -2.04. The fraction of sp³-hybridized carbons (Fsp3) is 0.0625. The van der Waals surface area contributed by atoms with Crippen LogP contribution in [0.3, 0.4) is 0 Å². The van der Waals surface area contributed by atoms with Crippen LogP contribution in [0, 0.1) is 0 Å². The summed E-state index contributed by atoms with van der Waals surface area (Å²) >= 11 is 3.35. The molecule has 0 N–H and O–H groups in total. The maximum Gasteiger partial charge on any atom is 0.177 e. The van der Waals surface area contributed by atoms with E-state index in [1.54, 1.807) is 23.1 Å². The summed E-state index contributed by atoms with van der Waals surface area (Å²) in [5.74, 6) is 1.49. The Morgan fingerprint density at radius 3 is 2.74 bits per heavy atom. The normalized spacial score (nSPS) is 11.0. The van der Waals surface area contributed by atoms with Gasteiger partial charge in [-0.3, -0.25) is 0 Å². The van der Waals surface area contributed by atoms with Gasteiger partial charge in [-0.05, 0) is 39.7 Å². The van der Waals surface area contributed by atoms with Crippen molar-refractivity contribution in [3.63, 3.8) is 0 Å². The summed E-state index contributed by atoms with van der Waals surface area (Å²) in [7, 11) is 0. The molecule has 6 nitrogen and oxygen atoms in total. The number of fused-ring (bicyclic) bond motifs is 1. The lowest BCUT2D eigenvalue weighted by atomic mass is 10.1. The largest absolute Gasteiger partial charge is 0.235 e. The third kappa shape index (κ3) is 2.83. The predicted molar refractivity (Wildman–Crippen MR) is 88.8 cm³/mol. The number of rotatable bonds is 3. The minimum Gasteiger partial charge on any atom is -0.235 e. The standard InChI is InChI=1S/C16H11BrN6/c17-13-9-18-16(19-10-13)12-4-1-3-11(7-12)8-15-22-21-14-5-2-6-20-23(14)15/h1-7,9-10H,8H2. The van der Waals surface area contributed by atoms with E-state index in [9.17, 15) is 0 Å². The van der Waals surface area contributed by atoms with E-state index in [-0.39, 0.29) is 0 Å². The highest BCUT2D eigenvalue weighted by Crippen LogP contribution is 2.19. The van der Waals surface area contributed by atoms with Crippen LogP contribution in [0.4, 0.5) is 0 Å². The lowest BCUT2D eigenvalue weighted by Crippen LogP contribution is -1.99. The molecule has 0 saturated carbocycles. The van der Waals surface area contributed by atoms with E-state index in [0.717, 1.165) is 27.1 Å². The Kier molecular flexibility index (Phi) is 3.55. The fourth-order valence-corrected chi connectivity index (χ4v) is 2.57. The van der Waals surface area contributed by atoms with E-state index in [1.165, 1.54) is 0 Å². The Morgan fingerprint density at radius 1 is 1.00 bits per heavy atom. The van der Waals surface area contributed by atoms with Crippen LogP contribution in [0.2, 0.25) is 0 Å². The summed E-state index contributed by atoms with van der Waals surface area (Å²) < 4.78 is 2.61. The Hall–Kier alpha value is -2.67.